The molecule has 0 bridgehead atoms. The molecule has 0 radical (unpaired) electrons. The molecule has 0 unspecified atom stereocenters. The second-order valence-electron chi connectivity index (χ2n) is 6.94. The van der Waals surface area contributed by atoms with Crippen molar-refractivity contribution >= 4 is 50.5 Å². The van der Waals surface area contributed by atoms with Crippen molar-refractivity contribution in [1.82, 2.24) is 4.57 Å². The minimum absolute atomic E-state index is 0.132. The molecule has 0 atom stereocenters. The van der Waals surface area contributed by atoms with E-state index >= 15 is 0 Å². The summed E-state index contributed by atoms with van der Waals surface area (Å²) >= 11 is 4.52. The molecule has 9 heteroatoms. The number of halogens is 1. The molecule has 33 heavy (non-hydrogen) atoms. The van der Waals surface area contributed by atoms with Gasteiger partial charge < -0.3 is 14.8 Å². The van der Waals surface area contributed by atoms with Crippen molar-refractivity contribution < 1.29 is 14.3 Å². The highest BCUT2D eigenvalue weighted by molar-refractivity contribution is 9.10. The van der Waals surface area contributed by atoms with Gasteiger partial charge in [-0.3, -0.25) is 14.2 Å². The summed E-state index contributed by atoms with van der Waals surface area (Å²) in [6.45, 7) is 0.773. The van der Waals surface area contributed by atoms with E-state index in [0.717, 1.165) is 21.4 Å². The van der Waals surface area contributed by atoms with Gasteiger partial charge in [-0.05, 0) is 42.3 Å². The van der Waals surface area contributed by atoms with Crippen LogP contribution in [0.5, 0.6) is 5.75 Å². The van der Waals surface area contributed by atoms with Crippen molar-refractivity contribution in [3.8, 4) is 11.8 Å². The molecule has 0 aliphatic heterocycles. The van der Waals surface area contributed by atoms with Crippen LogP contribution in [0.1, 0.15) is 12.0 Å². The fourth-order valence-corrected chi connectivity index (χ4v) is 4.47. The van der Waals surface area contributed by atoms with Crippen LogP contribution in [0.15, 0.2) is 57.8 Å². The monoisotopic (exact) mass is 527 g/mol. The van der Waals surface area contributed by atoms with E-state index in [-0.39, 0.29) is 11.1 Å². The van der Waals surface area contributed by atoms with Crippen molar-refractivity contribution in [3.05, 3.63) is 78.1 Å². The predicted molar refractivity (Wildman–Crippen MR) is 133 cm³/mol. The Balaban J connectivity index is 2.11. The smallest absolute Gasteiger partial charge is 0.269 e. The fraction of sp³-hybridized carbons (Fsp3) is 0.208. The van der Waals surface area contributed by atoms with Crippen molar-refractivity contribution in [2.45, 2.75) is 13.0 Å². The number of thiazole rings is 1. The summed E-state index contributed by atoms with van der Waals surface area (Å²) in [5.41, 5.74) is 0.939. The van der Waals surface area contributed by atoms with E-state index in [1.54, 1.807) is 37.5 Å². The highest BCUT2D eigenvalue weighted by atomic mass is 79.9. The number of hydrogen-bond donors (Lipinski definition) is 1. The van der Waals surface area contributed by atoms with Gasteiger partial charge in [0.15, 0.2) is 5.57 Å². The fourth-order valence-electron chi connectivity index (χ4n) is 3.08. The van der Waals surface area contributed by atoms with E-state index in [4.69, 9.17) is 9.47 Å². The Labute approximate surface area is 203 Å². The third kappa shape index (κ3) is 6.20. The Kier molecular flexibility index (Phi) is 8.60. The lowest BCUT2D eigenvalue weighted by atomic mass is 10.2. The minimum Gasteiger partial charge on any atom is -0.497 e. The van der Waals surface area contributed by atoms with Crippen LogP contribution in [0, 0.1) is 11.3 Å². The van der Waals surface area contributed by atoms with Crippen LogP contribution in [0.2, 0.25) is 0 Å². The number of aromatic nitrogens is 1. The van der Waals surface area contributed by atoms with E-state index < -0.39 is 5.91 Å². The number of carbonyl (C=O) groups excluding carboxylic acids is 1. The van der Waals surface area contributed by atoms with Crippen LogP contribution in [-0.2, 0) is 16.1 Å². The number of ether oxygens (including phenoxy) is 2. The molecule has 0 aliphatic carbocycles. The summed E-state index contributed by atoms with van der Waals surface area (Å²) in [7, 11) is 3.11. The number of methoxy groups -OCH3 is 2. The van der Waals surface area contributed by atoms with Gasteiger partial charge in [0.1, 0.15) is 16.5 Å². The summed E-state index contributed by atoms with van der Waals surface area (Å²) < 4.78 is 13.4. The Morgan fingerprint density at radius 2 is 2.00 bits per heavy atom. The lowest BCUT2D eigenvalue weighted by Crippen LogP contribution is -2.34. The summed E-state index contributed by atoms with van der Waals surface area (Å²) in [6, 6.07) is 16.3. The van der Waals surface area contributed by atoms with Gasteiger partial charge in [0.2, 0.25) is 0 Å². The maximum atomic E-state index is 13.2. The highest BCUT2D eigenvalue weighted by Crippen LogP contribution is 2.17. The first-order chi connectivity index (χ1) is 16.0. The van der Waals surface area contributed by atoms with Crippen molar-refractivity contribution in [2.24, 2.45) is 0 Å². The van der Waals surface area contributed by atoms with E-state index in [0.29, 0.717) is 40.2 Å². The van der Waals surface area contributed by atoms with Gasteiger partial charge in [0, 0.05) is 36.5 Å². The quantitative estimate of drug-likeness (QED) is 0.454. The molecule has 1 aromatic heterocycles. The zero-order chi connectivity index (χ0) is 23.8. The molecule has 3 aromatic rings. The number of nitrogens with zero attached hydrogens (tertiary/aromatic N) is 2. The van der Waals surface area contributed by atoms with Crippen LogP contribution in [0.3, 0.4) is 0 Å². The van der Waals surface area contributed by atoms with Gasteiger partial charge in [-0.15, -0.1) is 11.3 Å². The average Bonchev–Trinajstić information content (AvgIpc) is 3.11. The van der Waals surface area contributed by atoms with Crippen LogP contribution in [-0.4, -0.2) is 31.3 Å². The number of hydrogen-bond acceptors (Lipinski definition) is 6. The van der Waals surface area contributed by atoms with Crippen molar-refractivity contribution in [3.63, 3.8) is 0 Å². The number of anilines is 1. The van der Waals surface area contributed by atoms with E-state index in [1.165, 1.54) is 11.7 Å². The highest BCUT2D eigenvalue weighted by Gasteiger charge is 2.16. The lowest BCUT2D eigenvalue weighted by Gasteiger charge is -2.07. The predicted octanol–water partition coefficient (Wildman–Crippen LogP) is 2.86. The van der Waals surface area contributed by atoms with Gasteiger partial charge in [0.05, 0.1) is 11.6 Å². The molecule has 0 fully saturated rings. The average molecular weight is 528 g/mol. The third-order valence-electron chi connectivity index (χ3n) is 4.69. The molecule has 0 aliphatic rings. The van der Waals surface area contributed by atoms with E-state index in [2.05, 4.69) is 21.2 Å². The molecule has 0 spiro atoms. The summed E-state index contributed by atoms with van der Waals surface area (Å²) in [5, 5.41) is 12.5. The van der Waals surface area contributed by atoms with E-state index in [1.807, 2.05) is 30.3 Å². The maximum Gasteiger partial charge on any atom is 0.269 e. The molecular weight excluding hydrogens is 506 g/mol. The minimum atomic E-state index is -0.595. The van der Waals surface area contributed by atoms with Gasteiger partial charge in [-0.25, -0.2) is 0 Å². The molecule has 3 rings (SSSR count). The van der Waals surface area contributed by atoms with Crippen molar-refractivity contribution in [1.29, 1.82) is 5.26 Å². The Bertz CT molecular complexity index is 1350. The van der Waals surface area contributed by atoms with Gasteiger partial charge in [-0.2, -0.15) is 5.26 Å². The molecule has 2 aromatic carbocycles. The number of nitrogens with one attached hydrogen (secondary N) is 1. The van der Waals surface area contributed by atoms with Crippen LogP contribution < -0.4 is 24.8 Å². The van der Waals surface area contributed by atoms with Crippen LogP contribution in [0.25, 0.3) is 11.6 Å². The largest absolute Gasteiger partial charge is 0.497 e. The van der Waals surface area contributed by atoms with Gasteiger partial charge in [-0.1, -0.05) is 34.1 Å². The Hall–Kier alpha value is -3.19. The first kappa shape index (κ1) is 24.5. The first-order valence-electron chi connectivity index (χ1n) is 10.0. The molecule has 7 nitrogen and oxygen atoms in total. The molecule has 170 valence electrons. The van der Waals surface area contributed by atoms with Crippen LogP contribution >= 0.6 is 27.3 Å². The summed E-state index contributed by atoms with van der Waals surface area (Å²) in [4.78, 5) is 26.1. The number of nitriles is 1. The summed E-state index contributed by atoms with van der Waals surface area (Å²) in [6.07, 6.45) is 2.32. The molecule has 0 saturated heterocycles. The number of rotatable bonds is 8. The second kappa shape index (κ2) is 11.6. The molecule has 1 heterocycles. The Morgan fingerprint density at radius 1 is 1.24 bits per heavy atom. The lowest BCUT2D eigenvalue weighted by molar-refractivity contribution is -0.111. The second-order valence-corrected chi connectivity index (χ2v) is 8.89. The third-order valence-corrected chi connectivity index (χ3v) is 6.34. The molecular formula is C24H22BrN3O4S. The zero-order valence-electron chi connectivity index (χ0n) is 18.1. The summed E-state index contributed by atoms with van der Waals surface area (Å²) in [5.74, 6) is -0.0204. The normalized spacial score (nSPS) is 12.2. The Morgan fingerprint density at radius 3 is 2.67 bits per heavy atom. The standard InChI is InChI=1S/C24H22BrN3O4S/c1-31-12-4-11-28-23(30)21(13-16-7-9-17(25)10-8-16)33-24(28)20(15-26)22(29)27-18-5-3-6-19(14-18)32-2/h3,5-10,13-14H,4,11-12H2,1-2H3,(H,27,29). The first-order valence-corrected chi connectivity index (χ1v) is 11.6. The molecule has 1 N–H and O–H groups in total. The zero-order valence-corrected chi connectivity index (χ0v) is 20.5. The van der Waals surface area contributed by atoms with E-state index in [9.17, 15) is 14.9 Å². The number of benzene rings is 2. The van der Waals surface area contributed by atoms with Crippen LogP contribution in [0.4, 0.5) is 5.69 Å². The maximum absolute atomic E-state index is 13.2. The number of carbonyl (C=O) groups is 1. The number of amides is 1. The topological polar surface area (TPSA) is 93.3 Å². The SMILES string of the molecule is COCCCn1c(=C(C#N)C(=O)Nc2cccc(OC)c2)sc(=Cc2ccc(Br)cc2)c1=O. The molecule has 0 saturated carbocycles. The van der Waals surface area contributed by atoms with Gasteiger partial charge >= 0.3 is 0 Å². The van der Waals surface area contributed by atoms with Crippen molar-refractivity contribution in [2.75, 3.05) is 26.1 Å². The molecule has 1 amide bonds. The van der Waals surface area contributed by atoms with Gasteiger partial charge in [0.25, 0.3) is 11.5 Å².